The maximum absolute atomic E-state index is 10.8. The van der Waals surface area contributed by atoms with Crippen molar-refractivity contribution in [3.63, 3.8) is 0 Å². The summed E-state index contributed by atoms with van der Waals surface area (Å²) in [5.74, 6) is 1.59. The van der Waals surface area contributed by atoms with Crippen molar-refractivity contribution < 1.29 is 9.90 Å². The van der Waals surface area contributed by atoms with Crippen molar-refractivity contribution in [1.29, 1.82) is 0 Å². The molecule has 0 aromatic heterocycles. The van der Waals surface area contributed by atoms with Crippen molar-refractivity contribution in [2.45, 2.75) is 6.42 Å². The van der Waals surface area contributed by atoms with Gasteiger partial charge in [0.1, 0.15) is 0 Å². The van der Waals surface area contributed by atoms with Crippen LogP contribution in [0.25, 0.3) is 0 Å². The molecule has 1 aliphatic rings. The lowest BCUT2D eigenvalue weighted by Crippen LogP contribution is -2.34. The monoisotopic (exact) mass is 251 g/mol. The molecule has 0 unspecified atom stereocenters. The first-order valence-electron chi connectivity index (χ1n) is 5.88. The lowest BCUT2D eigenvalue weighted by Gasteiger charge is -2.26. The second-order valence-corrected chi connectivity index (χ2v) is 5.43. The average molecular weight is 251 g/mol. The normalized spacial score (nSPS) is 16.9. The van der Waals surface area contributed by atoms with E-state index in [1.165, 1.54) is 11.5 Å². The van der Waals surface area contributed by atoms with Crippen LogP contribution in [0.2, 0.25) is 0 Å². The number of hydrogen-bond acceptors (Lipinski definition) is 3. The highest BCUT2D eigenvalue weighted by Crippen LogP contribution is 2.11. The maximum Gasteiger partial charge on any atom is 0.335 e. The van der Waals surface area contributed by atoms with Crippen LogP contribution in [0.5, 0.6) is 0 Å². The molecule has 2 rings (SSSR count). The van der Waals surface area contributed by atoms with Crippen LogP contribution in [-0.2, 0) is 6.42 Å². The quantitative estimate of drug-likeness (QED) is 0.888. The molecular weight excluding hydrogens is 234 g/mol. The first-order valence-corrected chi connectivity index (χ1v) is 7.03. The van der Waals surface area contributed by atoms with Crippen LogP contribution >= 0.6 is 11.8 Å². The highest BCUT2D eigenvalue weighted by molar-refractivity contribution is 7.99. The Morgan fingerprint density at radius 3 is 2.82 bits per heavy atom. The second-order valence-electron chi connectivity index (χ2n) is 4.21. The van der Waals surface area contributed by atoms with Gasteiger partial charge in [-0.3, -0.25) is 0 Å². The summed E-state index contributed by atoms with van der Waals surface area (Å²) in [5, 5.41) is 8.91. The molecule has 1 fully saturated rings. The smallest absolute Gasteiger partial charge is 0.335 e. The third-order valence-corrected chi connectivity index (χ3v) is 3.94. The van der Waals surface area contributed by atoms with Gasteiger partial charge in [-0.2, -0.15) is 11.8 Å². The molecular formula is C13H17NO2S. The average Bonchev–Trinajstić information content (AvgIpc) is 2.38. The van der Waals surface area contributed by atoms with E-state index < -0.39 is 5.97 Å². The molecule has 3 nitrogen and oxygen atoms in total. The van der Waals surface area contributed by atoms with Crippen LogP contribution in [0, 0.1) is 0 Å². The maximum atomic E-state index is 10.8. The predicted octanol–water partition coefficient (Wildman–Crippen LogP) is 1.98. The Morgan fingerprint density at radius 2 is 2.12 bits per heavy atom. The molecule has 1 saturated heterocycles. The van der Waals surface area contributed by atoms with E-state index >= 15 is 0 Å². The van der Waals surface area contributed by atoms with Gasteiger partial charge in [0.05, 0.1) is 5.56 Å². The standard InChI is InChI=1S/C13H17NO2S/c15-13(16)12-3-1-2-11(10-12)4-5-14-6-8-17-9-7-14/h1-3,10H,4-9H2,(H,15,16). The summed E-state index contributed by atoms with van der Waals surface area (Å²) in [5.41, 5.74) is 1.50. The van der Waals surface area contributed by atoms with Gasteiger partial charge in [0.15, 0.2) is 0 Å². The summed E-state index contributed by atoms with van der Waals surface area (Å²) in [7, 11) is 0. The van der Waals surface area contributed by atoms with E-state index in [9.17, 15) is 4.79 Å². The van der Waals surface area contributed by atoms with Gasteiger partial charge in [-0.25, -0.2) is 4.79 Å². The number of aromatic carboxylic acids is 1. The van der Waals surface area contributed by atoms with E-state index in [-0.39, 0.29) is 0 Å². The van der Waals surface area contributed by atoms with E-state index in [4.69, 9.17) is 5.11 Å². The Kier molecular flexibility index (Phi) is 4.45. The van der Waals surface area contributed by atoms with Crippen LogP contribution < -0.4 is 0 Å². The molecule has 0 bridgehead atoms. The van der Waals surface area contributed by atoms with Crippen LogP contribution in [-0.4, -0.2) is 47.1 Å². The van der Waals surface area contributed by atoms with Crippen molar-refractivity contribution in [2.75, 3.05) is 31.1 Å². The molecule has 1 aromatic carbocycles. The van der Waals surface area contributed by atoms with Crippen molar-refractivity contribution in [1.82, 2.24) is 4.90 Å². The summed E-state index contributed by atoms with van der Waals surface area (Å²) < 4.78 is 0. The lowest BCUT2D eigenvalue weighted by atomic mass is 10.1. The number of benzene rings is 1. The van der Waals surface area contributed by atoms with E-state index in [1.54, 1.807) is 12.1 Å². The third-order valence-electron chi connectivity index (χ3n) is 2.99. The summed E-state index contributed by atoms with van der Waals surface area (Å²) in [6, 6.07) is 7.25. The highest BCUT2D eigenvalue weighted by Gasteiger charge is 2.10. The van der Waals surface area contributed by atoms with Crippen molar-refractivity contribution >= 4 is 17.7 Å². The first-order chi connectivity index (χ1) is 8.25. The zero-order valence-electron chi connectivity index (χ0n) is 9.76. The molecule has 1 aromatic rings. The second kappa shape index (κ2) is 6.07. The predicted molar refractivity (Wildman–Crippen MR) is 70.9 cm³/mol. The summed E-state index contributed by atoms with van der Waals surface area (Å²) in [6.45, 7) is 3.34. The number of carbonyl (C=O) groups is 1. The van der Waals surface area contributed by atoms with Gasteiger partial charge >= 0.3 is 5.97 Å². The molecule has 0 saturated carbocycles. The zero-order chi connectivity index (χ0) is 12.1. The summed E-state index contributed by atoms with van der Waals surface area (Å²) in [6.07, 6.45) is 0.936. The van der Waals surface area contributed by atoms with E-state index in [0.717, 1.165) is 31.6 Å². The summed E-state index contributed by atoms with van der Waals surface area (Å²) >= 11 is 2.01. The van der Waals surface area contributed by atoms with Crippen LogP contribution in [0.1, 0.15) is 15.9 Å². The molecule has 1 heterocycles. The largest absolute Gasteiger partial charge is 0.478 e. The molecule has 17 heavy (non-hydrogen) atoms. The Balaban J connectivity index is 1.89. The Hall–Kier alpha value is -1.00. The van der Waals surface area contributed by atoms with Crippen molar-refractivity contribution in [2.24, 2.45) is 0 Å². The highest BCUT2D eigenvalue weighted by atomic mass is 32.2. The minimum absolute atomic E-state index is 0.386. The van der Waals surface area contributed by atoms with Crippen LogP contribution in [0.15, 0.2) is 24.3 Å². The van der Waals surface area contributed by atoms with Gasteiger partial charge in [-0.05, 0) is 24.1 Å². The van der Waals surface area contributed by atoms with Crippen LogP contribution in [0.3, 0.4) is 0 Å². The Morgan fingerprint density at radius 1 is 1.35 bits per heavy atom. The third kappa shape index (κ3) is 3.75. The fourth-order valence-electron chi connectivity index (χ4n) is 1.97. The van der Waals surface area contributed by atoms with Gasteiger partial charge < -0.3 is 10.0 Å². The number of carboxylic acid groups (broad SMARTS) is 1. The van der Waals surface area contributed by atoms with Crippen molar-refractivity contribution in [3.05, 3.63) is 35.4 Å². The van der Waals surface area contributed by atoms with Gasteiger partial charge in [0.25, 0.3) is 0 Å². The lowest BCUT2D eigenvalue weighted by molar-refractivity contribution is 0.0696. The number of carboxylic acids is 1. The van der Waals surface area contributed by atoms with Gasteiger partial charge in [0, 0.05) is 31.1 Å². The molecule has 0 spiro atoms. The molecule has 0 aliphatic carbocycles. The number of hydrogen-bond donors (Lipinski definition) is 1. The molecule has 1 N–H and O–H groups in total. The fraction of sp³-hybridized carbons (Fsp3) is 0.462. The first kappa shape index (κ1) is 12.5. The van der Waals surface area contributed by atoms with Gasteiger partial charge in [0.2, 0.25) is 0 Å². The molecule has 0 radical (unpaired) electrons. The minimum atomic E-state index is -0.846. The number of nitrogens with zero attached hydrogens (tertiary/aromatic N) is 1. The molecule has 1 aliphatic heterocycles. The topological polar surface area (TPSA) is 40.5 Å². The van der Waals surface area contributed by atoms with Crippen molar-refractivity contribution in [3.8, 4) is 0 Å². The zero-order valence-corrected chi connectivity index (χ0v) is 10.6. The fourth-order valence-corrected chi connectivity index (χ4v) is 2.95. The van der Waals surface area contributed by atoms with Gasteiger partial charge in [-0.1, -0.05) is 12.1 Å². The molecule has 4 heteroatoms. The van der Waals surface area contributed by atoms with Gasteiger partial charge in [-0.15, -0.1) is 0 Å². The van der Waals surface area contributed by atoms with E-state index in [2.05, 4.69) is 4.90 Å². The molecule has 0 amide bonds. The van der Waals surface area contributed by atoms with E-state index in [0.29, 0.717) is 5.56 Å². The Bertz CT molecular complexity index is 389. The number of thioether (sulfide) groups is 1. The molecule has 92 valence electrons. The summed E-state index contributed by atoms with van der Waals surface area (Å²) in [4.78, 5) is 13.3. The number of rotatable bonds is 4. The SMILES string of the molecule is O=C(O)c1cccc(CCN2CCSCC2)c1. The molecule has 0 atom stereocenters. The van der Waals surface area contributed by atoms with Crippen LogP contribution in [0.4, 0.5) is 0 Å². The Labute approximate surface area is 106 Å². The van der Waals surface area contributed by atoms with E-state index in [1.807, 2.05) is 23.9 Å². The minimum Gasteiger partial charge on any atom is -0.478 e.